The minimum absolute atomic E-state index is 0.0228. The molecule has 3 saturated heterocycles. The van der Waals surface area contributed by atoms with Crippen molar-refractivity contribution >= 4 is 0 Å². The van der Waals surface area contributed by atoms with Gasteiger partial charge in [0.1, 0.15) is 24.4 Å². The lowest BCUT2D eigenvalue weighted by Crippen LogP contribution is -2.52. The Morgan fingerprint density at radius 1 is 0.800 bits per heavy atom. The third-order valence-electron chi connectivity index (χ3n) is 4.85. The van der Waals surface area contributed by atoms with Crippen LogP contribution >= 0.6 is 0 Å². The number of ether oxygens (including phenoxy) is 5. The molecule has 3 fully saturated rings. The topological polar surface area (TPSA) is 49.5 Å². The van der Waals surface area contributed by atoms with Crippen molar-refractivity contribution < 1.29 is 23.7 Å². The van der Waals surface area contributed by atoms with Crippen LogP contribution in [0.1, 0.15) is 17.4 Å². The minimum atomic E-state index is -0.369. The van der Waals surface area contributed by atoms with Crippen molar-refractivity contribution in [1.29, 1.82) is 0 Å². The Balaban J connectivity index is 1.22. The third kappa shape index (κ3) is 3.10. The standard InChI is InChI=1S/C20H20O5/c1-3-7-13(8-4-1)11-21-20-18-17(24-18)16-15(23-20)12-22-19(25-16)14-9-5-2-6-10-14/h1-10,15-20H,11-12H2/t15?,16-,17+,18+,19?,20?/m1/s1. The van der Waals surface area contributed by atoms with Gasteiger partial charge in [-0.1, -0.05) is 60.7 Å². The van der Waals surface area contributed by atoms with Crippen LogP contribution < -0.4 is 0 Å². The van der Waals surface area contributed by atoms with Crippen molar-refractivity contribution in [2.45, 2.75) is 43.6 Å². The second-order valence-corrected chi connectivity index (χ2v) is 6.58. The number of benzene rings is 2. The molecule has 2 aromatic carbocycles. The Hall–Kier alpha value is -1.76. The highest BCUT2D eigenvalue weighted by molar-refractivity contribution is 5.17. The fourth-order valence-corrected chi connectivity index (χ4v) is 3.49. The van der Waals surface area contributed by atoms with Crippen LogP contribution in [0, 0.1) is 0 Å². The van der Waals surface area contributed by atoms with Gasteiger partial charge in [-0.15, -0.1) is 0 Å². The molecule has 5 rings (SSSR count). The van der Waals surface area contributed by atoms with Crippen LogP contribution in [0.5, 0.6) is 0 Å². The first kappa shape index (κ1) is 15.5. The van der Waals surface area contributed by atoms with Gasteiger partial charge in [0.15, 0.2) is 12.6 Å². The molecule has 0 radical (unpaired) electrons. The summed E-state index contributed by atoms with van der Waals surface area (Å²) in [5.41, 5.74) is 2.13. The molecule has 5 heteroatoms. The van der Waals surface area contributed by atoms with Crippen molar-refractivity contribution in [2.24, 2.45) is 0 Å². The summed E-state index contributed by atoms with van der Waals surface area (Å²) in [7, 11) is 0. The van der Waals surface area contributed by atoms with E-state index in [0.717, 1.165) is 11.1 Å². The van der Waals surface area contributed by atoms with Gasteiger partial charge in [-0.3, -0.25) is 0 Å². The van der Waals surface area contributed by atoms with Gasteiger partial charge < -0.3 is 23.7 Å². The Kier molecular flexibility index (Phi) is 4.04. The highest BCUT2D eigenvalue weighted by Crippen LogP contribution is 2.43. The van der Waals surface area contributed by atoms with Crippen LogP contribution in [0.4, 0.5) is 0 Å². The van der Waals surface area contributed by atoms with E-state index in [1.54, 1.807) is 0 Å². The van der Waals surface area contributed by atoms with E-state index < -0.39 is 0 Å². The molecule has 0 saturated carbocycles. The third-order valence-corrected chi connectivity index (χ3v) is 4.85. The fourth-order valence-electron chi connectivity index (χ4n) is 3.49. The van der Waals surface area contributed by atoms with Crippen molar-refractivity contribution in [3.63, 3.8) is 0 Å². The zero-order chi connectivity index (χ0) is 16.6. The van der Waals surface area contributed by atoms with E-state index in [1.807, 2.05) is 60.7 Å². The molecule has 0 aromatic heterocycles. The van der Waals surface area contributed by atoms with Gasteiger partial charge in [0, 0.05) is 5.56 Å². The molecule has 6 atom stereocenters. The number of rotatable bonds is 4. The molecule has 0 spiro atoms. The van der Waals surface area contributed by atoms with E-state index >= 15 is 0 Å². The average Bonchev–Trinajstić information content (AvgIpc) is 3.49. The molecule has 130 valence electrons. The highest BCUT2D eigenvalue weighted by atomic mass is 16.8. The maximum atomic E-state index is 6.11. The summed E-state index contributed by atoms with van der Waals surface area (Å²) in [6.07, 6.45) is -1.04. The molecule has 3 aliphatic rings. The average molecular weight is 340 g/mol. The summed E-state index contributed by atoms with van der Waals surface area (Å²) in [5.74, 6) is 0. The number of fused-ring (bicyclic) bond motifs is 3. The van der Waals surface area contributed by atoms with Crippen molar-refractivity contribution in [2.75, 3.05) is 6.61 Å². The van der Waals surface area contributed by atoms with Gasteiger partial charge in [0.05, 0.1) is 13.2 Å². The largest absolute Gasteiger partial charge is 0.361 e. The lowest BCUT2D eigenvalue weighted by atomic mass is 10.0. The van der Waals surface area contributed by atoms with Crippen LogP contribution in [0.15, 0.2) is 60.7 Å². The highest BCUT2D eigenvalue weighted by Gasteiger charge is 2.60. The SMILES string of the molecule is c1ccc(COC2OC3COC(c4ccccc4)O[C@H]3[C@@H]3O[C@H]23)cc1. The van der Waals surface area contributed by atoms with Gasteiger partial charge >= 0.3 is 0 Å². The normalized spacial score (nSPS) is 36.3. The second-order valence-electron chi connectivity index (χ2n) is 6.58. The smallest absolute Gasteiger partial charge is 0.187 e. The number of epoxide rings is 1. The Labute approximate surface area is 146 Å². The second kappa shape index (κ2) is 6.52. The van der Waals surface area contributed by atoms with E-state index in [-0.39, 0.29) is 37.0 Å². The first-order chi connectivity index (χ1) is 12.4. The Morgan fingerprint density at radius 2 is 1.56 bits per heavy atom. The molecule has 0 amide bonds. The Bertz CT molecular complexity index is 707. The first-order valence-electron chi connectivity index (χ1n) is 8.67. The Morgan fingerprint density at radius 3 is 2.36 bits per heavy atom. The summed E-state index contributed by atoms with van der Waals surface area (Å²) in [6.45, 7) is 0.978. The van der Waals surface area contributed by atoms with Gasteiger partial charge in [-0.05, 0) is 5.56 Å². The van der Waals surface area contributed by atoms with Crippen LogP contribution in [-0.2, 0) is 30.3 Å². The van der Waals surface area contributed by atoms with Gasteiger partial charge in [0.2, 0.25) is 0 Å². The van der Waals surface area contributed by atoms with Gasteiger partial charge in [0.25, 0.3) is 0 Å². The predicted molar refractivity (Wildman–Crippen MR) is 88.6 cm³/mol. The minimum Gasteiger partial charge on any atom is -0.361 e. The van der Waals surface area contributed by atoms with E-state index in [4.69, 9.17) is 23.7 Å². The number of hydrogen-bond donors (Lipinski definition) is 0. The lowest BCUT2D eigenvalue weighted by Gasteiger charge is -2.39. The maximum Gasteiger partial charge on any atom is 0.187 e. The van der Waals surface area contributed by atoms with E-state index in [2.05, 4.69) is 0 Å². The first-order valence-corrected chi connectivity index (χ1v) is 8.67. The lowest BCUT2D eigenvalue weighted by molar-refractivity contribution is -0.308. The monoisotopic (exact) mass is 340 g/mol. The van der Waals surface area contributed by atoms with Gasteiger partial charge in [-0.2, -0.15) is 0 Å². The van der Waals surface area contributed by atoms with E-state index in [9.17, 15) is 0 Å². The maximum absolute atomic E-state index is 6.11. The van der Waals surface area contributed by atoms with Crippen LogP contribution in [0.2, 0.25) is 0 Å². The number of hydrogen-bond acceptors (Lipinski definition) is 5. The summed E-state index contributed by atoms with van der Waals surface area (Å²) in [5, 5.41) is 0. The summed E-state index contributed by atoms with van der Waals surface area (Å²) < 4.78 is 29.7. The molecule has 5 nitrogen and oxygen atoms in total. The summed E-state index contributed by atoms with van der Waals surface area (Å²) in [4.78, 5) is 0. The van der Waals surface area contributed by atoms with Gasteiger partial charge in [-0.25, -0.2) is 0 Å². The van der Waals surface area contributed by atoms with Crippen LogP contribution in [-0.4, -0.2) is 37.3 Å². The molecular formula is C20H20O5. The predicted octanol–water partition coefficient (Wildman–Crippen LogP) is 2.81. The van der Waals surface area contributed by atoms with Crippen LogP contribution in [0.3, 0.4) is 0 Å². The molecule has 0 bridgehead atoms. The molecule has 25 heavy (non-hydrogen) atoms. The molecule has 0 N–H and O–H groups in total. The van der Waals surface area contributed by atoms with Crippen molar-refractivity contribution in [1.82, 2.24) is 0 Å². The van der Waals surface area contributed by atoms with E-state index in [0.29, 0.717) is 13.2 Å². The molecule has 3 aliphatic heterocycles. The zero-order valence-corrected chi connectivity index (χ0v) is 13.7. The van der Waals surface area contributed by atoms with E-state index in [1.165, 1.54) is 0 Å². The quantitative estimate of drug-likeness (QED) is 0.801. The molecular weight excluding hydrogens is 320 g/mol. The van der Waals surface area contributed by atoms with Crippen molar-refractivity contribution in [3.05, 3.63) is 71.8 Å². The zero-order valence-electron chi connectivity index (χ0n) is 13.7. The molecule has 3 heterocycles. The van der Waals surface area contributed by atoms with Crippen LogP contribution in [0.25, 0.3) is 0 Å². The molecule has 2 aromatic rings. The summed E-state index contributed by atoms with van der Waals surface area (Å²) >= 11 is 0. The summed E-state index contributed by atoms with van der Waals surface area (Å²) in [6, 6.07) is 20.0. The van der Waals surface area contributed by atoms with Crippen molar-refractivity contribution in [3.8, 4) is 0 Å². The molecule has 3 unspecified atom stereocenters. The fraction of sp³-hybridized carbons (Fsp3) is 0.400. The molecule has 0 aliphatic carbocycles.